The fourth-order valence-corrected chi connectivity index (χ4v) is 1.87. The highest BCUT2D eigenvalue weighted by molar-refractivity contribution is 4.99. The van der Waals surface area contributed by atoms with Gasteiger partial charge in [-0.2, -0.15) is 5.10 Å². The lowest BCUT2D eigenvalue weighted by Gasteiger charge is -2.04. The molecule has 5 heteroatoms. The van der Waals surface area contributed by atoms with Crippen molar-refractivity contribution in [3.8, 4) is 0 Å². The molecule has 0 aromatic carbocycles. The van der Waals surface area contributed by atoms with E-state index in [1.54, 1.807) is 6.20 Å². The number of hydrogen-bond donors (Lipinski definition) is 0. The zero-order valence-electron chi connectivity index (χ0n) is 10.5. The first-order valence-electron chi connectivity index (χ1n) is 6.17. The molecule has 0 saturated carbocycles. The summed E-state index contributed by atoms with van der Waals surface area (Å²) in [4.78, 5) is 0. The second-order valence-electron chi connectivity index (χ2n) is 4.37. The summed E-state index contributed by atoms with van der Waals surface area (Å²) in [6.07, 6.45) is 8.14. The molecule has 0 amide bonds. The highest BCUT2D eigenvalue weighted by atomic mass is 15.4. The van der Waals surface area contributed by atoms with Crippen molar-refractivity contribution < 1.29 is 0 Å². The second-order valence-corrected chi connectivity index (χ2v) is 4.37. The SMILES string of the molecule is CCC[C@@H](C)c1cn(CCn2cccn2)nn1. The van der Waals surface area contributed by atoms with Crippen molar-refractivity contribution >= 4 is 0 Å². The average Bonchev–Trinajstić information content (AvgIpc) is 2.98. The van der Waals surface area contributed by atoms with Crippen molar-refractivity contribution in [2.75, 3.05) is 0 Å². The second kappa shape index (κ2) is 5.61. The number of rotatable bonds is 6. The summed E-state index contributed by atoms with van der Waals surface area (Å²) in [6.45, 7) is 6.04. The quantitative estimate of drug-likeness (QED) is 0.767. The minimum atomic E-state index is 0.499. The van der Waals surface area contributed by atoms with Gasteiger partial charge in [0.2, 0.25) is 0 Å². The van der Waals surface area contributed by atoms with Crippen LogP contribution in [-0.4, -0.2) is 24.8 Å². The lowest BCUT2D eigenvalue weighted by molar-refractivity contribution is 0.490. The Balaban J connectivity index is 1.89. The van der Waals surface area contributed by atoms with Gasteiger partial charge in [-0.15, -0.1) is 5.10 Å². The van der Waals surface area contributed by atoms with Gasteiger partial charge in [0.25, 0.3) is 0 Å². The predicted molar refractivity (Wildman–Crippen MR) is 65.6 cm³/mol. The van der Waals surface area contributed by atoms with E-state index in [2.05, 4.69) is 29.3 Å². The lowest BCUT2D eigenvalue weighted by atomic mass is 10.0. The molecule has 0 spiro atoms. The standard InChI is InChI=1S/C12H19N5/c1-3-5-11(2)12-10-17(15-14-12)9-8-16-7-4-6-13-16/h4,6-7,10-11H,3,5,8-9H2,1-2H3/t11-/m1/s1. The molecule has 2 aromatic heterocycles. The first-order valence-corrected chi connectivity index (χ1v) is 6.17. The number of nitrogens with zero attached hydrogens (tertiary/aromatic N) is 5. The monoisotopic (exact) mass is 233 g/mol. The van der Waals surface area contributed by atoms with Crippen LogP contribution < -0.4 is 0 Å². The van der Waals surface area contributed by atoms with Crippen LogP contribution in [0, 0.1) is 0 Å². The molecule has 5 nitrogen and oxygen atoms in total. The van der Waals surface area contributed by atoms with E-state index in [-0.39, 0.29) is 0 Å². The fourth-order valence-electron chi connectivity index (χ4n) is 1.87. The third-order valence-corrected chi connectivity index (χ3v) is 2.90. The predicted octanol–water partition coefficient (Wildman–Crippen LogP) is 2.08. The van der Waals surface area contributed by atoms with Crippen LogP contribution in [0.2, 0.25) is 0 Å². The summed E-state index contributed by atoms with van der Waals surface area (Å²) < 4.78 is 3.79. The van der Waals surface area contributed by atoms with Crippen LogP contribution in [0.1, 0.15) is 38.3 Å². The third-order valence-electron chi connectivity index (χ3n) is 2.90. The topological polar surface area (TPSA) is 48.5 Å². The summed E-state index contributed by atoms with van der Waals surface area (Å²) in [5.41, 5.74) is 1.09. The highest BCUT2D eigenvalue weighted by Crippen LogP contribution is 2.17. The Labute approximate surface area is 101 Å². The van der Waals surface area contributed by atoms with E-state index in [9.17, 15) is 0 Å². The number of aromatic nitrogens is 5. The molecule has 0 aliphatic rings. The van der Waals surface area contributed by atoms with Crippen LogP contribution in [0.4, 0.5) is 0 Å². The molecule has 0 aliphatic carbocycles. The molecular formula is C12H19N5. The summed E-state index contributed by atoms with van der Waals surface area (Å²) >= 11 is 0. The smallest absolute Gasteiger partial charge is 0.0855 e. The normalized spacial score (nSPS) is 12.8. The molecule has 0 bridgehead atoms. The van der Waals surface area contributed by atoms with Crippen molar-refractivity contribution in [2.24, 2.45) is 0 Å². The minimum Gasteiger partial charge on any atom is -0.271 e. The summed E-state index contributed by atoms with van der Waals surface area (Å²) in [6, 6.07) is 1.93. The van der Waals surface area contributed by atoms with Crippen molar-refractivity contribution in [1.29, 1.82) is 0 Å². The number of aryl methyl sites for hydroxylation is 2. The van der Waals surface area contributed by atoms with Crippen LogP contribution in [0.3, 0.4) is 0 Å². The van der Waals surface area contributed by atoms with Crippen molar-refractivity contribution in [2.45, 2.75) is 45.7 Å². The molecule has 0 saturated heterocycles. The maximum Gasteiger partial charge on any atom is 0.0855 e. The minimum absolute atomic E-state index is 0.499. The van der Waals surface area contributed by atoms with Crippen LogP contribution >= 0.6 is 0 Å². The Morgan fingerprint density at radius 2 is 2.12 bits per heavy atom. The van der Waals surface area contributed by atoms with Crippen LogP contribution in [0.5, 0.6) is 0 Å². The Kier molecular flexibility index (Phi) is 3.90. The first-order chi connectivity index (χ1) is 8.29. The van der Waals surface area contributed by atoms with Gasteiger partial charge in [-0.25, -0.2) is 0 Å². The van der Waals surface area contributed by atoms with Gasteiger partial charge in [0.15, 0.2) is 0 Å². The van der Waals surface area contributed by atoms with E-state index < -0.39 is 0 Å². The molecule has 0 fully saturated rings. The molecular weight excluding hydrogens is 214 g/mol. The molecule has 2 rings (SSSR count). The molecule has 0 unspecified atom stereocenters. The Morgan fingerprint density at radius 3 is 2.82 bits per heavy atom. The Bertz CT molecular complexity index is 431. The maximum atomic E-state index is 4.22. The van der Waals surface area contributed by atoms with Crippen molar-refractivity contribution in [1.82, 2.24) is 24.8 Å². The van der Waals surface area contributed by atoms with Crippen LogP contribution in [0.15, 0.2) is 24.7 Å². The van der Waals surface area contributed by atoms with Gasteiger partial charge < -0.3 is 0 Å². The van der Waals surface area contributed by atoms with Gasteiger partial charge in [-0.3, -0.25) is 9.36 Å². The van der Waals surface area contributed by atoms with Gasteiger partial charge >= 0.3 is 0 Å². The van der Waals surface area contributed by atoms with Gasteiger partial charge in [0, 0.05) is 24.5 Å². The summed E-state index contributed by atoms with van der Waals surface area (Å²) in [5, 5.41) is 12.5. The molecule has 0 aliphatic heterocycles. The zero-order valence-corrected chi connectivity index (χ0v) is 10.5. The maximum absolute atomic E-state index is 4.22. The first kappa shape index (κ1) is 11.8. The van der Waals surface area contributed by atoms with Gasteiger partial charge in [-0.1, -0.05) is 25.5 Å². The van der Waals surface area contributed by atoms with E-state index in [1.165, 1.54) is 6.42 Å². The molecule has 0 N–H and O–H groups in total. The molecule has 17 heavy (non-hydrogen) atoms. The van der Waals surface area contributed by atoms with Gasteiger partial charge in [0.1, 0.15) is 0 Å². The fraction of sp³-hybridized carbons (Fsp3) is 0.583. The molecule has 0 radical (unpaired) electrons. The molecule has 2 aromatic rings. The Morgan fingerprint density at radius 1 is 1.29 bits per heavy atom. The van der Waals surface area contributed by atoms with Gasteiger partial charge in [-0.05, 0) is 12.5 Å². The average molecular weight is 233 g/mol. The zero-order chi connectivity index (χ0) is 12.1. The molecule has 1 atom stereocenters. The third kappa shape index (κ3) is 3.15. The highest BCUT2D eigenvalue weighted by Gasteiger charge is 2.08. The van der Waals surface area contributed by atoms with E-state index >= 15 is 0 Å². The van der Waals surface area contributed by atoms with E-state index in [0.717, 1.165) is 25.2 Å². The summed E-state index contributed by atoms with van der Waals surface area (Å²) in [5.74, 6) is 0.499. The lowest BCUT2D eigenvalue weighted by Crippen LogP contribution is -2.08. The van der Waals surface area contributed by atoms with Crippen molar-refractivity contribution in [3.63, 3.8) is 0 Å². The molecule has 92 valence electrons. The van der Waals surface area contributed by atoms with Crippen LogP contribution in [-0.2, 0) is 13.1 Å². The van der Waals surface area contributed by atoms with E-state index in [4.69, 9.17) is 0 Å². The summed E-state index contributed by atoms with van der Waals surface area (Å²) in [7, 11) is 0. The largest absolute Gasteiger partial charge is 0.271 e. The van der Waals surface area contributed by atoms with Gasteiger partial charge in [0.05, 0.1) is 18.8 Å². The van der Waals surface area contributed by atoms with E-state index in [0.29, 0.717) is 5.92 Å². The number of hydrogen-bond acceptors (Lipinski definition) is 3. The van der Waals surface area contributed by atoms with Crippen LogP contribution in [0.25, 0.3) is 0 Å². The molecule has 2 heterocycles. The van der Waals surface area contributed by atoms with Crippen molar-refractivity contribution in [3.05, 3.63) is 30.4 Å². The van der Waals surface area contributed by atoms with E-state index in [1.807, 2.05) is 27.8 Å². The Hall–Kier alpha value is -1.65.